The minimum absolute atomic E-state index is 0.161. The third-order valence-electron chi connectivity index (χ3n) is 8.09. The molecule has 2 aromatic carbocycles. The second kappa shape index (κ2) is 18.2. The summed E-state index contributed by atoms with van der Waals surface area (Å²) in [6.07, 6.45) is 7.63. The number of carbonyl (C=O) groups excluding carboxylic acids is 3. The van der Waals surface area contributed by atoms with E-state index in [9.17, 15) is 14.4 Å². The van der Waals surface area contributed by atoms with Crippen LogP contribution in [0.15, 0.2) is 54.6 Å². The van der Waals surface area contributed by atoms with Gasteiger partial charge in [0.25, 0.3) is 0 Å². The molecule has 0 aliphatic rings. The average molecular weight is 672 g/mol. The molecule has 0 heterocycles. The second-order valence-electron chi connectivity index (χ2n) is 11.6. The van der Waals surface area contributed by atoms with Crippen LogP contribution < -0.4 is 14.2 Å². The number of carbonyl (C=O) groups is 3. The maximum atomic E-state index is 13.7. The normalized spacial score (nSPS) is 13.0. The van der Waals surface area contributed by atoms with Gasteiger partial charge < -0.3 is 0 Å². The third kappa shape index (κ3) is 10.8. The molecule has 7 heteroatoms. The Morgan fingerprint density at radius 3 is 1.90 bits per heavy atom. The molecule has 0 unspecified atom stereocenters. The van der Waals surface area contributed by atoms with Gasteiger partial charge >= 0.3 is 253 Å². The van der Waals surface area contributed by atoms with Crippen molar-refractivity contribution in [3.63, 3.8) is 0 Å². The first-order chi connectivity index (χ1) is 19.7. The van der Waals surface area contributed by atoms with Gasteiger partial charge in [0.05, 0.1) is 0 Å². The monoisotopic (exact) mass is 672 g/mol. The van der Waals surface area contributed by atoms with Crippen molar-refractivity contribution in [1.82, 2.24) is 10.6 Å². The SMILES string of the molecule is CCC[CH2][Sn]([CH2]CCC)([CH2]CCC)[c]1cccc(C(=O)N[C@@H](Cc2ccccc2)C(=O)N[C@H](C(=O)OC)C(C)C)c1. The van der Waals surface area contributed by atoms with Crippen molar-refractivity contribution in [2.75, 3.05) is 7.11 Å². The summed E-state index contributed by atoms with van der Waals surface area (Å²) < 4.78 is 10.3. The van der Waals surface area contributed by atoms with E-state index < -0.39 is 42.3 Å². The molecular formula is C34H52N2O4Sn. The molecule has 0 bridgehead atoms. The molecule has 2 amide bonds. The number of esters is 1. The molecule has 0 spiro atoms. The molecule has 2 rings (SSSR count). The molecule has 41 heavy (non-hydrogen) atoms. The van der Waals surface area contributed by atoms with Gasteiger partial charge in [-0.1, -0.05) is 0 Å². The predicted molar refractivity (Wildman–Crippen MR) is 171 cm³/mol. The van der Waals surface area contributed by atoms with Crippen LogP contribution in [0.5, 0.6) is 0 Å². The first-order valence-electron chi connectivity index (χ1n) is 15.5. The summed E-state index contributed by atoms with van der Waals surface area (Å²) in [6.45, 7) is 10.5. The molecule has 0 aromatic heterocycles. The van der Waals surface area contributed by atoms with E-state index in [0.717, 1.165) is 5.56 Å². The number of unbranched alkanes of at least 4 members (excludes halogenated alkanes) is 3. The Balaban J connectivity index is 2.39. The number of nitrogens with one attached hydrogen (secondary N) is 2. The van der Waals surface area contributed by atoms with Gasteiger partial charge in [0, 0.05) is 0 Å². The first-order valence-corrected chi connectivity index (χ1v) is 23.0. The van der Waals surface area contributed by atoms with Gasteiger partial charge in [0.15, 0.2) is 0 Å². The molecule has 6 nitrogen and oxygen atoms in total. The number of methoxy groups -OCH3 is 1. The van der Waals surface area contributed by atoms with Crippen molar-refractivity contribution in [2.45, 2.75) is 105 Å². The molecule has 0 fully saturated rings. The Morgan fingerprint density at radius 1 is 0.805 bits per heavy atom. The summed E-state index contributed by atoms with van der Waals surface area (Å²) in [5.41, 5.74) is 1.53. The molecule has 0 saturated heterocycles. The van der Waals surface area contributed by atoms with Crippen molar-refractivity contribution in [3.8, 4) is 0 Å². The van der Waals surface area contributed by atoms with E-state index in [0.29, 0.717) is 12.0 Å². The standard InChI is InChI=1S/C22H25N2O4.3C4H9.Sn/c1-15(2)19(22(27)28-3)24-21(26)18(14-16-10-6-4-7-11-16)23-20(25)17-12-8-5-9-13-17;3*1-3-4-2;/h4-8,10-13,15,18-19H,14H2,1-3H3,(H,23,25)(H,24,26);3*1,3-4H2,2H3;/t18-,19-;;;;/m0..../s1. The molecule has 0 aliphatic heterocycles. The zero-order valence-corrected chi connectivity index (χ0v) is 29.0. The number of ether oxygens (including phenoxy) is 1. The van der Waals surface area contributed by atoms with Crippen LogP contribution in [-0.4, -0.2) is 55.4 Å². The third-order valence-corrected chi connectivity index (χ3v) is 23.7. The van der Waals surface area contributed by atoms with Gasteiger partial charge in [0.2, 0.25) is 0 Å². The van der Waals surface area contributed by atoms with E-state index in [2.05, 4.69) is 43.5 Å². The van der Waals surface area contributed by atoms with Crippen LogP contribution in [0.1, 0.15) is 89.1 Å². The van der Waals surface area contributed by atoms with Crippen LogP contribution in [0.4, 0.5) is 0 Å². The summed E-state index contributed by atoms with van der Waals surface area (Å²) >= 11 is -2.74. The Labute approximate surface area is 252 Å². The number of benzene rings is 2. The summed E-state index contributed by atoms with van der Waals surface area (Å²) in [4.78, 5) is 39.6. The molecule has 0 aliphatic carbocycles. The Morgan fingerprint density at radius 2 is 1.39 bits per heavy atom. The van der Waals surface area contributed by atoms with E-state index in [1.54, 1.807) is 0 Å². The molecule has 226 valence electrons. The number of hydrogen-bond donors (Lipinski definition) is 2. The van der Waals surface area contributed by atoms with Crippen molar-refractivity contribution >= 4 is 39.7 Å². The van der Waals surface area contributed by atoms with E-state index in [1.165, 1.54) is 62.5 Å². The van der Waals surface area contributed by atoms with E-state index >= 15 is 0 Å². The quantitative estimate of drug-likeness (QED) is 0.142. The zero-order chi connectivity index (χ0) is 30.3. The van der Waals surface area contributed by atoms with Gasteiger partial charge in [-0.2, -0.15) is 0 Å². The van der Waals surface area contributed by atoms with Crippen LogP contribution in [0.25, 0.3) is 0 Å². The van der Waals surface area contributed by atoms with Crippen LogP contribution in [-0.2, 0) is 20.7 Å². The molecule has 2 N–H and O–H groups in total. The topological polar surface area (TPSA) is 84.5 Å². The second-order valence-corrected chi connectivity index (χ2v) is 24.9. The van der Waals surface area contributed by atoms with Crippen molar-refractivity contribution < 1.29 is 19.1 Å². The first kappa shape index (κ1) is 34.8. The fraction of sp³-hybridized carbons (Fsp3) is 0.559. The van der Waals surface area contributed by atoms with E-state index in [4.69, 9.17) is 4.74 Å². The number of rotatable bonds is 18. The molecular weight excluding hydrogens is 619 g/mol. The van der Waals surface area contributed by atoms with Crippen molar-refractivity contribution in [2.24, 2.45) is 5.92 Å². The van der Waals surface area contributed by atoms with Gasteiger partial charge in [-0.3, -0.25) is 0 Å². The molecule has 0 saturated carbocycles. The number of hydrogen-bond acceptors (Lipinski definition) is 4. The van der Waals surface area contributed by atoms with Gasteiger partial charge in [-0.25, -0.2) is 0 Å². The van der Waals surface area contributed by atoms with Crippen LogP contribution >= 0.6 is 0 Å². The van der Waals surface area contributed by atoms with E-state index in [1.807, 2.05) is 56.3 Å². The predicted octanol–water partition coefficient (Wildman–Crippen LogP) is 6.40. The molecule has 2 aromatic rings. The van der Waals surface area contributed by atoms with Crippen molar-refractivity contribution in [1.29, 1.82) is 0 Å². The Kier molecular flexibility index (Phi) is 15.5. The zero-order valence-electron chi connectivity index (χ0n) is 26.1. The van der Waals surface area contributed by atoms with E-state index in [-0.39, 0.29) is 11.8 Å². The fourth-order valence-corrected chi connectivity index (χ4v) is 21.6. The number of amides is 2. The Hall–Kier alpha value is -2.35. The van der Waals surface area contributed by atoms with Gasteiger partial charge in [-0.05, 0) is 0 Å². The van der Waals surface area contributed by atoms with Crippen LogP contribution in [0.2, 0.25) is 13.3 Å². The van der Waals surface area contributed by atoms with Crippen LogP contribution in [0, 0.1) is 5.92 Å². The summed E-state index contributed by atoms with van der Waals surface area (Å²) in [6, 6.07) is 16.3. The summed E-state index contributed by atoms with van der Waals surface area (Å²) in [5, 5.41) is 5.84. The Bertz CT molecular complexity index is 1070. The molecule has 2 atom stereocenters. The fourth-order valence-electron chi connectivity index (χ4n) is 5.52. The average Bonchev–Trinajstić information content (AvgIpc) is 2.99. The maximum absolute atomic E-state index is 13.7. The van der Waals surface area contributed by atoms with Crippen molar-refractivity contribution in [3.05, 3.63) is 65.7 Å². The molecule has 0 radical (unpaired) electrons. The van der Waals surface area contributed by atoms with Gasteiger partial charge in [0.1, 0.15) is 0 Å². The summed E-state index contributed by atoms with van der Waals surface area (Å²) in [5.74, 6) is -1.32. The van der Waals surface area contributed by atoms with Gasteiger partial charge in [-0.15, -0.1) is 0 Å². The summed E-state index contributed by atoms with van der Waals surface area (Å²) in [7, 11) is 1.31. The van der Waals surface area contributed by atoms with Crippen LogP contribution in [0.3, 0.4) is 0 Å². The minimum atomic E-state index is -2.74.